The molecule has 1 aliphatic rings. The van der Waals surface area contributed by atoms with Crippen molar-refractivity contribution in [2.75, 3.05) is 18.5 Å². The average molecular weight is 369 g/mol. The first-order valence-electron chi connectivity index (χ1n) is 8.17. The van der Waals surface area contributed by atoms with E-state index in [1.165, 1.54) is 24.4 Å². The minimum Gasteiger partial charge on any atom is -0.405 e. The van der Waals surface area contributed by atoms with Gasteiger partial charge in [0.15, 0.2) is 0 Å². The van der Waals surface area contributed by atoms with Crippen molar-refractivity contribution in [2.45, 2.75) is 25.7 Å². The Bertz CT molecular complexity index is 755. The quantitative estimate of drug-likeness (QED) is 0.877. The van der Waals surface area contributed by atoms with Crippen molar-refractivity contribution < 1.29 is 27.4 Å². The Kier molecular flexibility index (Phi) is 5.46. The number of anilines is 1. The van der Waals surface area contributed by atoms with E-state index in [0.717, 1.165) is 32.1 Å². The van der Waals surface area contributed by atoms with E-state index in [1.54, 1.807) is 10.9 Å². The summed E-state index contributed by atoms with van der Waals surface area (Å²) in [6.45, 7) is 2.16. The van der Waals surface area contributed by atoms with Crippen molar-refractivity contribution in [3.05, 3.63) is 42.2 Å². The topological polar surface area (TPSA) is 65.4 Å². The van der Waals surface area contributed by atoms with Crippen LogP contribution in [0, 0.1) is 5.92 Å². The van der Waals surface area contributed by atoms with Gasteiger partial charge in [-0.1, -0.05) is 12.1 Å². The number of carbonyl (C=O) groups excluding carboxylic acids is 1. The van der Waals surface area contributed by atoms with E-state index in [2.05, 4.69) is 15.2 Å². The second-order valence-electron chi connectivity index (χ2n) is 6.00. The highest BCUT2D eigenvalue weighted by Crippen LogP contribution is 2.27. The molecule has 3 rings (SSSR count). The number of nitrogens with one attached hydrogen (secondary N) is 1. The van der Waals surface area contributed by atoms with Crippen LogP contribution >= 0.6 is 0 Å². The number of rotatable bonds is 5. The highest BCUT2D eigenvalue weighted by molar-refractivity contribution is 6.06. The molecule has 0 aliphatic carbocycles. The van der Waals surface area contributed by atoms with E-state index in [9.17, 15) is 18.0 Å². The summed E-state index contributed by atoms with van der Waals surface area (Å²) in [6, 6.07) is 5.19. The molecule has 26 heavy (non-hydrogen) atoms. The van der Waals surface area contributed by atoms with E-state index in [1.807, 2.05) is 0 Å². The maximum absolute atomic E-state index is 12.5. The molecule has 2 heterocycles. The number of benzene rings is 1. The molecule has 1 N–H and O–H groups in total. The van der Waals surface area contributed by atoms with Crippen molar-refractivity contribution in [3.8, 4) is 5.75 Å². The van der Waals surface area contributed by atoms with Gasteiger partial charge in [-0.3, -0.25) is 9.48 Å². The van der Waals surface area contributed by atoms with Gasteiger partial charge in [-0.15, -0.1) is 13.2 Å². The van der Waals surface area contributed by atoms with E-state index in [-0.39, 0.29) is 5.56 Å². The summed E-state index contributed by atoms with van der Waals surface area (Å²) in [5.74, 6) is -0.796. The van der Waals surface area contributed by atoms with Crippen LogP contribution in [0.3, 0.4) is 0 Å². The molecule has 140 valence electrons. The Morgan fingerprint density at radius 1 is 1.31 bits per heavy atom. The summed E-state index contributed by atoms with van der Waals surface area (Å²) in [4.78, 5) is 12.3. The van der Waals surface area contributed by atoms with Gasteiger partial charge in [0.05, 0.1) is 17.4 Å². The Hall–Kier alpha value is -2.55. The van der Waals surface area contributed by atoms with Crippen LogP contribution in [0.2, 0.25) is 0 Å². The molecule has 0 unspecified atom stereocenters. The zero-order valence-corrected chi connectivity index (χ0v) is 13.8. The Balaban J connectivity index is 1.65. The fraction of sp³-hybridized carbons (Fsp3) is 0.412. The fourth-order valence-electron chi connectivity index (χ4n) is 2.79. The van der Waals surface area contributed by atoms with Crippen LogP contribution in [0.4, 0.5) is 18.9 Å². The molecule has 2 aromatic rings. The summed E-state index contributed by atoms with van der Waals surface area (Å²) < 4.78 is 48.3. The first kappa shape index (κ1) is 18.2. The molecule has 1 aliphatic heterocycles. The van der Waals surface area contributed by atoms with E-state index >= 15 is 0 Å². The molecule has 0 saturated carbocycles. The molecule has 0 spiro atoms. The van der Waals surface area contributed by atoms with E-state index in [0.29, 0.717) is 18.2 Å². The van der Waals surface area contributed by atoms with Crippen LogP contribution in [0.15, 0.2) is 36.7 Å². The molecular weight excluding hydrogens is 351 g/mol. The van der Waals surface area contributed by atoms with Crippen LogP contribution in [0.1, 0.15) is 23.2 Å². The largest absolute Gasteiger partial charge is 0.573 e. The molecule has 0 radical (unpaired) electrons. The summed E-state index contributed by atoms with van der Waals surface area (Å²) in [5.41, 5.74) is 0.200. The zero-order valence-electron chi connectivity index (χ0n) is 13.8. The van der Waals surface area contributed by atoms with Crippen molar-refractivity contribution in [1.29, 1.82) is 0 Å². The Morgan fingerprint density at radius 3 is 2.77 bits per heavy atom. The molecule has 1 aromatic carbocycles. The monoisotopic (exact) mass is 369 g/mol. The van der Waals surface area contributed by atoms with Crippen molar-refractivity contribution in [1.82, 2.24) is 9.78 Å². The third-order valence-electron chi connectivity index (χ3n) is 4.03. The lowest BCUT2D eigenvalue weighted by atomic mass is 10.0. The van der Waals surface area contributed by atoms with Crippen molar-refractivity contribution in [3.63, 3.8) is 0 Å². The maximum Gasteiger partial charge on any atom is 0.573 e. The third kappa shape index (κ3) is 4.98. The molecule has 9 heteroatoms. The smallest absolute Gasteiger partial charge is 0.405 e. The highest BCUT2D eigenvalue weighted by Gasteiger charge is 2.32. The third-order valence-corrected chi connectivity index (χ3v) is 4.03. The summed E-state index contributed by atoms with van der Waals surface area (Å²) in [5, 5.41) is 6.74. The normalized spacial score (nSPS) is 15.7. The van der Waals surface area contributed by atoms with E-state index < -0.39 is 18.0 Å². The van der Waals surface area contributed by atoms with Gasteiger partial charge in [0.1, 0.15) is 5.75 Å². The molecular formula is C17H18F3N3O3. The number of alkyl halides is 3. The predicted molar refractivity (Wildman–Crippen MR) is 86.8 cm³/mol. The van der Waals surface area contributed by atoms with Gasteiger partial charge in [0.2, 0.25) is 0 Å². The molecule has 1 amide bonds. The maximum atomic E-state index is 12.5. The second-order valence-corrected chi connectivity index (χ2v) is 6.00. The minimum absolute atomic E-state index is 0.206. The van der Waals surface area contributed by atoms with Gasteiger partial charge in [-0.25, -0.2) is 0 Å². The number of hydrogen-bond donors (Lipinski definition) is 1. The number of para-hydroxylation sites is 1. The molecule has 6 nitrogen and oxygen atoms in total. The lowest BCUT2D eigenvalue weighted by molar-refractivity contribution is -0.274. The van der Waals surface area contributed by atoms with Crippen molar-refractivity contribution in [2.24, 2.45) is 5.92 Å². The molecule has 1 saturated heterocycles. The molecule has 0 atom stereocenters. The first-order valence-corrected chi connectivity index (χ1v) is 8.17. The van der Waals surface area contributed by atoms with E-state index in [4.69, 9.17) is 4.74 Å². The van der Waals surface area contributed by atoms with Crippen LogP contribution < -0.4 is 10.1 Å². The molecule has 0 bridgehead atoms. The zero-order chi connectivity index (χ0) is 18.6. The number of nitrogens with zero attached hydrogens (tertiary/aromatic N) is 2. The van der Waals surface area contributed by atoms with Crippen molar-refractivity contribution >= 4 is 11.6 Å². The van der Waals surface area contributed by atoms with Gasteiger partial charge >= 0.3 is 6.36 Å². The van der Waals surface area contributed by atoms with Gasteiger partial charge < -0.3 is 14.8 Å². The highest BCUT2D eigenvalue weighted by atomic mass is 19.4. The van der Waals surface area contributed by atoms with Gasteiger partial charge in [-0.05, 0) is 30.9 Å². The number of hydrogen-bond acceptors (Lipinski definition) is 4. The second kappa shape index (κ2) is 7.77. The lowest BCUT2D eigenvalue weighted by Gasteiger charge is -2.21. The molecule has 1 aromatic heterocycles. The number of carbonyl (C=O) groups is 1. The number of ether oxygens (including phenoxy) is 2. The minimum atomic E-state index is -4.87. The van der Waals surface area contributed by atoms with Crippen LogP contribution in [0.5, 0.6) is 5.75 Å². The average Bonchev–Trinajstić information content (AvgIpc) is 3.01. The molecule has 1 fully saturated rings. The number of halogens is 3. The fourth-order valence-corrected chi connectivity index (χ4v) is 2.79. The summed E-state index contributed by atoms with van der Waals surface area (Å²) in [7, 11) is 0. The Labute approximate surface area is 147 Å². The SMILES string of the molecule is O=C(Nc1cnn(CC2CCOCC2)c1)c1ccccc1OC(F)(F)F. The summed E-state index contributed by atoms with van der Waals surface area (Å²) in [6.07, 6.45) is 0.142. The van der Waals surface area contributed by atoms with Gasteiger partial charge in [0, 0.05) is 26.0 Å². The lowest BCUT2D eigenvalue weighted by Crippen LogP contribution is -2.21. The van der Waals surface area contributed by atoms with Gasteiger partial charge in [-0.2, -0.15) is 5.10 Å². The summed E-state index contributed by atoms with van der Waals surface area (Å²) >= 11 is 0. The van der Waals surface area contributed by atoms with Crippen LogP contribution in [-0.2, 0) is 11.3 Å². The van der Waals surface area contributed by atoms with Crippen LogP contribution in [0.25, 0.3) is 0 Å². The first-order chi connectivity index (χ1) is 12.4. The predicted octanol–water partition coefficient (Wildman–Crippen LogP) is 3.46. The Morgan fingerprint density at radius 2 is 2.04 bits per heavy atom. The van der Waals surface area contributed by atoms with Crippen LogP contribution in [-0.4, -0.2) is 35.3 Å². The number of amides is 1. The standard InChI is InChI=1S/C17H18F3N3O3/c18-17(19,20)26-15-4-2-1-3-14(15)16(24)22-13-9-21-23(11-13)10-12-5-7-25-8-6-12/h1-4,9,11-12H,5-8,10H2,(H,22,24). The number of aromatic nitrogens is 2. The van der Waals surface area contributed by atoms with Gasteiger partial charge in [0.25, 0.3) is 5.91 Å².